The van der Waals surface area contributed by atoms with Gasteiger partial charge in [0.25, 0.3) is 0 Å². The minimum Gasteiger partial charge on any atom is -0.357 e. The van der Waals surface area contributed by atoms with Crippen molar-refractivity contribution in [3.05, 3.63) is 36.0 Å². The maximum Gasteiger partial charge on any atom is 0.0698 e. The predicted octanol–water partition coefficient (Wildman–Crippen LogP) is 0.992. The number of nitrogens with one attached hydrogen (secondary N) is 3. The quantitative estimate of drug-likeness (QED) is 0.557. The number of H-pyrrole nitrogens is 1. The number of benzene rings is 1. The third-order valence-electron chi connectivity index (χ3n) is 2.86. The van der Waals surface area contributed by atoms with Crippen LogP contribution in [0.3, 0.4) is 0 Å². The Labute approximate surface area is 87.8 Å². The van der Waals surface area contributed by atoms with E-state index in [-0.39, 0.29) is 12.2 Å². The van der Waals surface area contributed by atoms with E-state index < -0.39 is 0 Å². The number of fused-ring (bicyclic) bond motifs is 1. The Morgan fingerprint density at radius 1 is 1.20 bits per heavy atom. The van der Waals surface area contributed by atoms with E-state index in [1.807, 2.05) is 12.1 Å². The Bertz CT molecular complexity index is 443. The number of para-hydroxylation sites is 1. The minimum atomic E-state index is 0.0430. The first-order chi connectivity index (χ1) is 7.33. The van der Waals surface area contributed by atoms with Gasteiger partial charge in [0.15, 0.2) is 0 Å². The molecule has 1 aromatic carbocycles. The molecule has 2 unspecified atom stereocenters. The van der Waals surface area contributed by atoms with Gasteiger partial charge in [-0.15, -0.1) is 0 Å². The topological polar surface area (TPSA) is 65.9 Å². The second kappa shape index (κ2) is 3.34. The van der Waals surface area contributed by atoms with Crippen LogP contribution in [0, 0.1) is 0 Å². The summed E-state index contributed by atoms with van der Waals surface area (Å²) in [6.45, 7) is 0. The lowest BCUT2D eigenvalue weighted by atomic mass is 10.1. The molecule has 3 rings (SSSR count). The smallest absolute Gasteiger partial charge is 0.0698 e. The first-order valence-electron chi connectivity index (χ1n) is 5.17. The van der Waals surface area contributed by atoms with Crippen molar-refractivity contribution in [3.63, 3.8) is 0 Å². The van der Waals surface area contributed by atoms with E-state index in [0.717, 1.165) is 6.42 Å². The number of hydrogen-bond acceptors (Lipinski definition) is 3. The second-order valence-electron chi connectivity index (χ2n) is 4.00. The molecule has 4 heteroatoms. The average Bonchev–Trinajstić information content (AvgIpc) is 2.82. The molecule has 0 saturated carbocycles. The fourth-order valence-corrected chi connectivity index (χ4v) is 2.07. The van der Waals surface area contributed by atoms with E-state index in [2.05, 4.69) is 34.0 Å². The van der Waals surface area contributed by atoms with Gasteiger partial charge in [-0.05, 0) is 23.9 Å². The normalized spacial score (nSPS) is 26.2. The SMILES string of the molecule is NC1CC(c2cc3ccccc3[nH]2)NN1. The molecule has 0 bridgehead atoms. The van der Waals surface area contributed by atoms with Crippen molar-refractivity contribution >= 4 is 10.9 Å². The Hall–Kier alpha value is -1.36. The Morgan fingerprint density at radius 2 is 2.07 bits per heavy atom. The second-order valence-corrected chi connectivity index (χ2v) is 4.00. The molecule has 15 heavy (non-hydrogen) atoms. The van der Waals surface area contributed by atoms with Gasteiger partial charge < -0.3 is 10.7 Å². The molecule has 1 saturated heterocycles. The summed E-state index contributed by atoms with van der Waals surface area (Å²) in [7, 11) is 0. The van der Waals surface area contributed by atoms with E-state index in [9.17, 15) is 0 Å². The Kier molecular flexibility index (Phi) is 1.98. The first kappa shape index (κ1) is 8.91. The van der Waals surface area contributed by atoms with Gasteiger partial charge in [0.05, 0.1) is 12.2 Å². The maximum atomic E-state index is 5.77. The van der Waals surface area contributed by atoms with Gasteiger partial charge in [-0.1, -0.05) is 18.2 Å². The van der Waals surface area contributed by atoms with Crippen molar-refractivity contribution in [3.8, 4) is 0 Å². The Balaban J connectivity index is 1.98. The fraction of sp³-hybridized carbons (Fsp3) is 0.273. The molecule has 0 spiro atoms. The zero-order valence-electron chi connectivity index (χ0n) is 8.33. The number of aromatic nitrogens is 1. The number of aromatic amines is 1. The van der Waals surface area contributed by atoms with Crippen LogP contribution in [-0.4, -0.2) is 11.1 Å². The van der Waals surface area contributed by atoms with Crippen molar-refractivity contribution in [1.29, 1.82) is 0 Å². The molecule has 4 nitrogen and oxygen atoms in total. The van der Waals surface area contributed by atoms with Crippen molar-refractivity contribution in [2.24, 2.45) is 5.73 Å². The summed E-state index contributed by atoms with van der Waals surface area (Å²) < 4.78 is 0. The molecular formula is C11H14N4. The van der Waals surface area contributed by atoms with Gasteiger partial charge in [0.2, 0.25) is 0 Å². The van der Waals surface area contributed by atoms with Crippen LogP contribution in [0.15, 0.2) is 30.3 Å². The molecule has 2 aromatic rings. The molecule has 2 atom stereocenters. The van der Waals surface area contributed by atoms with E-state index in [1.165, 1.54) is 16.6 Å². The summed E-state index contributed by atoms with van der Waals surface area (Å²) in [6.07, 6.45) is 0.953. The monoisotopic (exact) mass is 202 g/mol. The molecule has 0 radical (unpaired) electrons. The largest absolute Gasteiger partial charge is 0.357 e. The van der Waals surface area contributed by atoms with Crippen molar-refractivity contribution < 1.29 is 0 Å². The number of rotatable bonds is 1. The van der Waals surface area contributed by atoms with Crippen LogP contribution >= 0.6 is 0 Å². The highest BCUT2D eigenvalue weighted by Crippen LogP contribution is 2.23. The van der Waals surface area contributed by atoms with E-state index >= 15 is 0 Å². The lowest BCUT2D eigenvalue weighted by molar-refractivity contribution is 0.548. The average molecular weight is 202 g/mol. The fourth-order valence-electron chi connectivity index (χ4n) is 2.07. The molecule has 78 valence electrons. The highest BCUT2D eigenvalue weighted by Gasteiger charge is 2.23. The van der Waals surface area contributed by atoms with Crippen LogP contribution in [0.5, 0.6) is 0 Å². The van der Waals surface area contributed by atoms with Gasteiger partial charge in [-0.25, -0.2) is 10.9 Å². The van der Waals surface area contributed by atoms with Crippen molar-refractivity contribution in [1.82, 2.24) is 15.8 Å². The van der Waals surface area contributed by atoms with Crippen LogP contribution in [0.1, 0.15) is 18.2 Å². The van der Waals surface area contributed by atoms with Crippen LogP contribution in [-0.2, 0) is 0 Å². The van der Waals surface area contributed by atoms with Crippen LogP contribution < -0.4 is 16.6 Å². The van der Waals surface area contributed by atoms with E-state index in [1.54, 1.807) is 0 Å². The van der Waals surface area contributed by atoms with Gasteiger partial charge in [0, 0.05) is 11.2 Å². The zero-order valence-corrected chi connectivity index (χ0v) is 8.33. The van der Waals surface area contributed by atoms with E-state index in [4.69, 9.17) is 5.73 Å². The third-order valence-corrected chi connectivity index (χ3v) is 2.86. The highest BCUT2D eigenvalue weighted by molar-refractivity contribution is 5.80. The lowest BCUT2D eigenvalue weighted by Gasteiger charge is -2.05. The maximum absolute atomic E-state index is 5.77. The molecular weight excluding hydrogens is 188 g/mol. The van der Waals surface area contributed by atoms with Gasteiger partial charge in [-0.3, -0.25) is 0 Å². The molecule has 1 aromatic heterocycles. The molecule has 5 N–H and O–H groups in total. The van der Waals surface area contributed by atoms with Gasteiger partial charge in [-0.2, -0.15) is 0 Å². The van der Waals surface area contributed by atoms with Gasteiger partial charge >= 0.3 is 0 Å². The Morgan fingerprint density at radius 3 is 2.80 bits per heavy atom. The molecule has 0 aliphatic carbocycles. The number of hydrogen-bond donors (Lipinski definition) is 4. The minimum absolute atomic E-state index is 0.0430. The third kappa shape index (κ3) is 1.52. The summed E-state index contributed by atoms with van der Waals surface area (Å²) in [5, 5.41) is 1.25. The zero-order chi connectivity index (χ0) is 10.3. The number of hydrazine groups is 1. The molecule has 1 aliphatic heterocycles. The summed E-state index contributed by atoms with van der Waals surface area (Å²) in [5.74, 6) is 0. The summed E-state index contributed by atoms with van der Waals surface area (Å²) >= 11 is 0. The number of nitrogens with two attached hydrogens (primary N) is 1. The first-order valence-corrected chi connectivity index (χ1v) is 5.17. The molecule has 0 amide bonds. The standard InChI is InChI=1S/C11H14N4/c12-11-6-10(14-15-11)9-5-7-3-1-2-4-8(7)13-9/h1-5,10-11,13-15H,6,12H2. The lowest BCUT2D eigenvalue weighted by Crippen LogP contribution is -2.36. The molecule has 1 aliphatic rings. The van der Waals surface area contributed by atoms with Crippen molar-refractivity contribution in [2.75, 3.05) is 0 Å². The van der Waals surface area contributed by atoms with Crippen LogP contribution in [0.25, 0.3) is 10.9 Å². The van der Waals surface area contributed by atoms with Crippen molar-refractivity contribution in [2.45, 2.75) is 18.6 Å². The van der Waals surface area contributed by atoms with Crippen LogP contribution in [0.4, 0.5) is 0 Å². The summed E-state index contributed by atoms with van der Waals surface area (Å²) in [6, 6.07) is 10.7. The summed E-state index contributed by atoms with van der Waals surface area (Å²) in [4.78, 5) is 3.40. The van der Waals surface area contributed by atoms with Crippen LogP contribution in [0.2, 0.25) is 0 Å². The molecule has 2 heterocycles. The highest BCUT2D eigenvalue weighted by atomic mass is 15.4. The molecule has 1 fully saturated rings. The summed E-state index contributed by atoms with van der Waals surface area (Å²) in [5.41, 5.74) is 14.3. The van der Waals surface area contributed by atoms with E-state index in [0.29, 0.717) is 0 Å². The predicted molar refractivity (Wildman–Crippen MR) is 59.9 cm³/mol. The van der Waals surface area contributed by atoms with Gasteiger partial charge in [0.1, 0.15) is 0 Å².